The van der Waals surface area contributed by atoms with Crippen molar-refractivity contribution in [1.82, 2.24) is 5.32 Å². The fourth-order valence-corrected chi connectivity index (χ4v) is 5.44. The van der Waals surface area contributed by atoms with Crippen molar-refractivity contribution in [2.75, 3.05) is 10.8 Å². The molecule has 0 spiro atoms. The summed E-state index contributed by atoms with van der Waals surface area (Å²) in [6, 6.07) is 23.5. The Labute approximate surface area is 195 Å². The van der Waals surface area contributed by atoms with E-state index in [0.717, 1.165) is 11.1 Å². The van der Waals surface area contributed by atoms with Crippen molar-refractivity contribution in [1.29, 1.82) is 0 Å². The van der Waals surface area contributed by atoms with E-state index < -0.39 is 21.7 Å². The van der Waals surface area contributed by atoms with Gasteiger partial charge >= 0.3 is 0 Å². The van der Waals surface area contributed by atoms with Crippen LogP contribution in [0.3, 0.4) is 0 Å². The lowest BCUT2D eigenvalue weighted by molar-refractivity contribution is -0.129. The average Bonchev–Trinajstić information content (AvgIpc) is 2.78. The summed E-state index contributed by atoms with van der Waals surface area (Å²) in [6.45, 7) is 5.67. The first-order chi connectivity index (χ1) is 15.7. The van der Waals surface area contributed by atoms with Crippen LogP contribution in [0.5, 0.6) is 5.75 Å². The van der Waals surface area contributed by atoms with Gasteiger partial charge in [-0.15, -0.1) is 0 Å². The Hall–Kier alpha value is -3.32. The minimum Gasteiger partial charge on any atom is -0.476 e. The number of amides is 1. The van der Waals surface area contributed by atoms with Crippen LogP contribution in [0.4, 0.5) is 5.69 Å². The molecule has 0 aliphatic carbocycles. The third-order valence-corrected chi connectivity index (χ3v) is 7.38. The van der Waals surface area contributed by atoms with Crippen molar-refractivity contribution in [2.24, 2.45) is 0 Å². The predicted octanol–water partition coefficient (Wildman–Crippen LogP) is 4.09. The van der Waals surface area contributed by atoms with Crippen molar-refractivity contribution in [3.05, 3.63) is 90.0 Å². The number of carbonyl (C=O) groups excluding carboxylic acids is 1. The molecular weight excluding hydrogens is 436 g/mol. The van der Waals surface area contributed by atoms with Crippen LogP contribution in [0.2, 0.25) is 0 Å². The zero-order valence-corrected chi connectivity index (χ0v) is 19.8. The number of benzene rings is 3. The number of sulfonamides is 1. The fraction of sp³-hybridized carbons (Fsp3) is 0.269. The zero-order valence-electron chi connectivity index (χ0n) is 19.0. The van der Waals surface area contributed by atoms with Crippen molar-refractivity contribution in [3.8, 4) is 5.75 Å². The number of rotatable bonds is 6. The number of ether oxygens (including phenoxy) is 1. The van der Waals surface area contributed by atoms with E-state index >= 15 is 0 Å². The molecule has 1 amide bonds. The molecule has 0 radical (unpaired) electrons. The van der Waals surface area contributed by atoms with Gasteiger partial charge in [-0.3, -0.25) is 9.10 Å². The van der Waals surface area contributed by atoms with E-state index in [1.54, 1.807) is 48.5 Å². The van der Waals surface area contributed by atoms with Gasteiger partial charge in [0.05, 0.1) is 17.1 Å². The minimum absolute atomic E-state index is 0.111. The quantitative estimate of drug-likeness (QED) is 0.596. The molecule has 3 aromatic carbocycles. The molecular formula is C26H28N2O4S. The normalized spacial score (nSPS) is 16.0. The van der Waals surface area contributed by atoms with E-state index in [1.165, 1.54) is 4.31 Å². The lowest BCUT2D eigenvalue weighted by Crippen LogP contribution is -2.55. The second-order valence-electron chi connectivity index (χ2n) is 8.96. The standard InChI is InChI=1S/C26H28N2O4S/c1-19-13-15-21(16-14-19)33(30,31)28-18-24(32-23-12-8-7-11-22(23)28)25(29)27-26(2,3)17-20-9-5-4-6-10-20/h4-16,24H,17-18H2,1-3H3,(H,27,29). The van der Waals surface area contributed by atoms with Crippen LogP contribution in [0, 0.1) is 6.92 Å². The Morgan fingerprint density at radius 3 is 2.33 bits per heavy atom. The van der Waals surface area contributed by atoms with Gasteiger partial charge in [0.25, 0.3) is 15.9 Å². The summed E-state index contributed by atoms with van der Waals surface area (Å²) in [5, 5.41) is 3.04. The zero-order chi connectivity index (χ0) is 23.6. The van der Waals surface area contributed by atoms with Gasteiger partial charge in [-0.1, -0.05) is 60.2 Å². The molecule has 1 unspecified atom stereocenters. The van der Waals surface area contributed by atoms with Gasteiger partial charge in [0.1, 0.15) is 5.75 Å². The van der Waals surface area contributed by atoms with E-state index in [4.69, 9.17) is 4.74 Å². The molecule has 1 atom stereocenters. The summed E-state index contributed by atoms with van der Waals surface area (Å²) < 4.78 is 34.2. The average molecular weight is 465 g/mol. The largest absolute Gasteiger partial charge is 0.476 e. The molecule has 1 heterocycles. The van der Waals surface area contributed by atoms with Crippen LogP contribution in [0.25, 0.3) is 0 Å². The highest BCUT2D eigenvalue weighted by atomic mass is 32.2. The molecule has 172 valence electrons. The highest BCUT2D eigenvalue weighted by molar-refractivity contribution is 7.92. The van der Waals surface area contributed by atoms with Gasteiger partial charge < -0.3 is 10.1 Å². The number of nitrogens with zero attached hydrogens (tertiary/aromatic N) is 1. The summed E-state index contributed by atoms with van der Waals surface area (Å²) in [6.07, 6.45) is -0.343. The van der Waals surface area contributed by atoms with Crippen molar-refractivity contribution in [3.63, 3.8) is 0 Å². The van der Waals surface area contributed by atoms with Crippen molar-refractivity contribution < 1.29 is 17.9 Å². The maximum absolute atomic E-state index is 13.5. The molecule has 7 heteroatoms. The number of anilines is 1. The van der Waals surface area contributed by atoms with Crippen LogP contribution < -0.4 is 14.4 Å². The molecule has 1 aliphatic rings. The fourth-order valence-electron chi connectivity index (χ4n) is 3.97. The molecule has 0 bridgehead atoms. The molecule has 1 N–H and O–H groups in total. The van der Waals surface area contributed by atoms with Crippen LogP contribution in [0.1, 0.15) is 25.0 Å². The molecule has 0 saturated carbocycles. The number of hydrogen-bond donors (Lipinski definition) is 1. The summed E-state index contributed by atoms with van der Waals surface area (Å²) in [5.74, 6) is 0.00925. The van der Waals surface area contributed by atoms with E-state index in [1.807, 2.05) is 51.1 Å². The minimum atomic E-state index is -3.88. The summed E-state index contributed by atoms with van der Waals surface area (Å²) in [4.78, 5) is 13.4. The Morgan fingerprint density at radius 1 is 1.00 bits per heavy atom. The third-order valence-electron chi connectivity index (χ3n) is 5.59. The summed E-state index contributed by atoms with van der Waals surface area (Å²) in [5.41, 5.74) is 1.94. The molecule has 0 aromatic heterocycles. The van der Waals surface area contributed by atoms with E-state index in [2.05, 4.69) is 5.32 Å². The number of fused-ring (bicyclic) bond motifs is 1. The SMILES string of the molecule is Cc1ccc(S(=O)(=O)N2CC(C(=O)NC(C)(C)Cc3ccccc3)Oc3ccccc32)cc1. The molecule has 0 fully saturated rings. The first-order valence-electron chi connectivity index (χ1n) is 10.9. The molecule has 1 aliphatic heterocycles. The maximum Gasteiger partial charge on any atom is 0.264 e. The van der Waals surface area contributed by atoms with Crippen LogP contribution >= 0.6 is 0 Å². The van der Waals surface area contributed by atoms with Crippen molar-refractivity contribution >= 4 is 21.6 Å². The summed E-state index contributed by atoms with van der Waals surface area (Å²) in [7, 11) is -3.88. The van der Waals surface area contributed by atoms with Crippen LogP contribution in [0.15, 0.2) is 83.8 Å². The van der Waals surface area contributed by atoms with Gasteiger partial charge in [0, 0.05) is 5.54 Å². The second-order valence-corrected chi connectivity index (χ2v) is 10.8. The van der Waals surface area contributed by atoms with E-state index in [9.17, 15) is 13.2 Å². The van der Waals surface area contributed by atoms with E-state index in [0.29, 0.717) is 17.9 Å². The Morgan fingerprint density at radius 2 is 1.64 bits per heavy atom. The number of para-hydroxylation sites is 2. The third kappa shape index (κ3) is 5.03. The molecule has 6 nitrogen and oxygen atoms in total. The van der Waals surface area contributed by atoms with Gasteiger partial charge in [-0.05, 0) is 57.0 Å². The smallest absolute Gasteiger partial charge is 0.264 e. The van der Waals surface area contributed by atoms with Gasteiger partial charge in [0.15, 0.2) is 6.10 Å². The van der Waals surface area contributed by atoms with Gasteiger partial charge in [-0.2, -0.15) is 0 Å². The highest BCUT2D eigenvalue weighted by Crippen LogP contribution is 2.37. The highest BCUT2D eigenvalue weighted by Gasteiger charge is 2.38. The number of hydrogen-bond acceptors (Lipinski definition) is 4. The van der Waals surface area contributed by atoms with Gasteiger partial charge in [0.2, 0.25) is 0 Å². The second kappa shape index (κ2) is 8.90. The van der Waals surface area contributed by atoms with Crippen molar-refractivity contribution in [2.45, 2.75) is 43.7 Å². The number of carbonyl (C=O) groups is 1. The Bertz CT molecular complexity index is 1240. The molecule has 33 heavy (non-hydrogen) atoms. The lowest BCUT2D eigenvalue weighted by atomic mass is 9.94. The lowest BCUT2D eigenvalue weighted by Gasteiger charge is -2.36. The number of aryl methyl sites for hydroxylation is 1. The Balaban J connectivity index is 1.59. The van der Waals surface area contributed by atoms with Crippen LogP contribution in [-0.4, -0.2) is 32.5 Å². The molecule has 3 aromatic rings. The first-order valence-corrected chi connectivity index (χ1v) is 12.3. The van der Waals surface area contributed by atoms with E-state index in [-0.39, 0.29) is 17.3 Å². The maximum atomic E-state index is 13.5. The predicted molar refractivity (Wildman–Crippen MR) is 129 cm³/mol. The first kappa shape index (κ1) is 22.9. The Kier molecular flexibility index (Phi) is 6.17. The molecule has 0 saturated heterocycles. The number of nitrogens with one attached hydrogen (secondary N) is 1. The monoisotopic (exact) mass is 464 g/mol. The molecule has 4 rings (SSSR count). The van der Waals surface area contributed by atoms with Crippen LogP contribution in [-0.2, 0) is 21.2 Å². The summed E-state index contributed by atoms with van der Waals surface area (Å²) >= 11 is 0. The van der Waals surface area contributed by atoms with Gasteiger partial charge in [-0.25, -0.2) is 8.42 Å². The topological polar surface area (TPSA) is 75.7 Å².